The van der Waals surface area contributed by atoms with Crippen LogP contribution in [-0.2, 0) is 21.1 Å². The number of nitrogens with two attached hydrogens (primary N) is 1. The molecular weight excluding hydrogens is 325 g/mol. The zero-order valence-corrected chi connectivity index (χ0v) is 12.2. The van der Waals surface area contributed by atoms with Gasteiger partial charge in [-0.1, -0.05) is 0 Å². The van der Waals surface area contributed by atoms with E-state index in [4.69, 9.17) is 20.3 Å². The fraction of sp³-hybridized carbons (Fsp3) is 0.556. The van der Waals surface area contributed by atoms with E-state index < -0.39 is 43.6 Å². The van der Waals surface area contributed by atoms with Crippen molar-refractivity contribution in [3.8, 4) is 0 Å². The molecule has 12 heteroatoms. The first-order chi connectivity index (χ1) is 9.69. The molecule has 2 rings (SSSR count). The minimum Gasteiger partial charge on any atom is -0.387 e. The van der Waals surface area contributed by atoms with Crippen molar-refractivity contribution >= 4 is 24.3 Å². The molecule has 0 spiro atoms. The highest BCUT2D eigenvalue weighted by molar-refractivity contribution is 8.06. The van der Waals surface area contributed by atoms with Gasteiger partial charge in [-0.25, -0.2) is 4.79 Å². The number of hydrogen-bond acceptors (Lipinski definition) is 8. The van der Waals surface area contributed by atoms with Crippen molar-refractivity contribution in [3.05, 3.63) is 22.7 Å². The van der Waals surface area contributed by atoms with E-state index in [0.717, 1.165) is 4.57 Å². The van der Waals surface area contributed by atoms with Crippen LogP contribution in [0, 0.1) is 0 Å². The molecule has 1 aliphatic heterocycles. The summed E-state index contributed by atoms with van der Waals surface area (Å²) >= 11 is 4.27. The molecule has 0 saturated carbocycles. The second kappa shape index (κ2) is 6.07. The maximum atomic E-state index is 11.7. The smallest absolute Gasteiger partial charge is 0.351 e. The van der Waals surface area contributed by atoms with Crippen molar-refractivity contribution in [1.82, 2.24) is 9.55 Å². The van der Waals surface area contributed by atoms with E-state index in [2.05, 4.69) is 21.3 Å². The first kappa shape index (κ1) is 16.5. The maximum absolute atomic E-state index is 11.7. The van der Waals surface area contributed by atoms with Gasteiger partial charge in [-0.2, -0.15) is 4.98 Å². The summed E-state index contributed by atoms with van der Waals surface area (Å²) in [6.45, 7) is -4.36. The second-order valence-corrected chi connectivity index (χ2v) is 7.04. The number of aliphatic hydroxyl groups excluding tert-OH is 2. The Kier molecular flexibility index (Phi) is 4.76. The molecule has 0 bridgehead atoms. The first-order valence-electron chi connectivity index (χ1n) is 5.75. The number of aliphatic hydroxyl groups is 2. The molecule has 21 heavy (non-hydrogen) atoms. The van der Waals surface area contributed by atoms with Gasteiger partial charge in [0.05, 0.1) is 6.61 Å². The molecule has 4 atom stereocenters. The summed E-state index contributed by atoms with van der Waals surface area (Å²) < 4.78 is 10.8. The van der Waals surface area contributed by atoms with E-state index in [0.29, 0.717) is 0 Å². The van der Waals surface area contributed by atoms with Gasteiger partial charge in [0.2, 0.25) is 0 Å². The van der Waals surface area contributed by atoms with Gasteiger partial charge in [-0.3, -0.25) is 4.57 Å². The zero-order chi connectivity index (χ0) is 15.8. The quantitative estimate of drug-likeness (QED) is 0.376. The summed E-state index contributed by atoms with van der Waals surface area (Å²) in [5.74, 6) is 0.00502. The standard InChI is InChI=1S/C9H14N3O7PS/c10-5-1-2-12(9(15)11-5)8-7(14)6(13)4(19-8)3-18-20(16,17)21/h1-2,4,6-8,13-14H,3H2,(H2,10,11,15)(H2,16,17,21)/t4-,6+,7?,8-/m1/s1. The Hall–Kier alpha value is -0.910. The lowest BCUT2D eigenvalue weighted by molar-refractivity contribution is -0.0526. The normalized spacial score (nSPS) is 29.7. The number of ether oxygens (including phenoxy) is 1. The molecule has 0 amide bonds. The molecule has 1 aliphatic rings. The number of nitrogen functional groups attached to an aromatic ring is 1. The predicted molar refractivity (Wildman–Crippen MR) is 73.5 cm³/mol. The molecule has 1 aromatic rings. The minimum atomic E-state index is -3.91. The van der Waals surface area contributed by atoms with Crippen LogP contribution in [0.15, 0.2) is 17.1 Å². The number of rotatable bonds is 4. The van der Waals surface area contributed by atoms with Crippen LogP contribution < -0.4 is 11.4 Å². The molecule has 1 saturated heterocycles. The van der Waals surface area contributed by atoms with Crippen molar-refractivity contribution in [1.29, 1.82) is 0 Å². The van der Waals surface area contributed by atoms with Gasteiger partial charge in [0, 0.05) is 6.20 Å². The number of anilines is 1. The molecule has 1 aromatic heterocycles. The number of aromatic nitrogens is 2. The van der Waals surface area contributed by atoms with E-state index >= 15 is 0 Å². The maximum Gasteiger partial charge on any atom is 0.351 e. The Morgan fingerprint density at radius 2 is 2.14 bits per heavy atom. The Morgan fingerprint density at radius 1 is 1.48 bits per heavy atom. The zero-order valence-electron chi connectivity index (χ0n) is 10.5. The molecule has 1 fully saturated rings. The summed E-state index contributed by atoms with van der Waals surface area (Å²) in [5, 5.41) is 19.7. The van der Waals surface area contributed by atoms with Crippen LogP contribution in [0.3, 0.4) is 0 Å². The average Bonchev–Trinajstić information content (AvgIpc) is 2.64. The summed E-state index contributed by atoms with van der Waals surface area (Å²) in [4.78, 5) is 33.1. The van der Waals surface area contributed by atoms with Gasteiger partial charge < -0.3 is 35.0 Å². The van der Waals surface area contributed by atoms with Crippen LogP contribution in [0.2, 0.25) is 0 Å². The third-order valence-electron chi connectivity index (χ3n) is 2.87. The van der Waals surface area contributed by atoms with Crippen LogP contribution in [0.25, 0.3) is 0 Å². The molecule has 0 radical (unpaired) electrons. The Morgan fingerprint density at radius 3 is 2.71 bits per heavy atom. The molecule has 1 unspecified atom stereocenters. The van der Waals surface area contributed by atoms with Crippen LogP contribution in [0.1, 0.15) is 6.23 Å². The monoisotopic (exact) mass is 339 g/mol. The van der Waals surface area contributed by atoms with Gasteiger partial charge in [0.15, 0.2) is 6.23 Å². The largest absolute Gasteiger partial charge is 0.387 e. The highest BCUT2D eigenvalue weighted by atomic mass is 32.5. The van der Waals surface area contributed by atoms with E-state index in [1.54, 1.807) is 0 Å². The van der Waals surface area contributed by atoms with Gasteiger partial charge in [0.1, 0.15) is 24.1 Å². The van der Waals surface area contributed by atoms with Crippen molar-refractivity contribution in [2.24, 2.45) is 0 Å². The Bertz CT molecular complexity index is 620. The molecule has 0 aliphatic carbocycles. The molecule has 10 nitrogen and oxygen atoms in total. The van der Waals surface area contributed by atoms with Crippen LogP contribution in [-0.4, -0.2) is 54.5 Å². The van der Waals surface area contributed by atoms with Crippen molar-refractivity contribution < 1.29 is 29.3 Å². The highest BCUT2D eigenvalue weighted by Gasteiger charge is 2.44. The SMILES string of the molecule is Nc1ccn([C@@H]2O[C@H](COP(O)(O)=S)[C@H](O)C2O)c(=O)n1. The summed E-state index contributed by atoms with van der Waals surface area (Å²) in [6.07, 6.45) is -3.87. The summed E-state index contributed by atoms with van der Waals surface area (Å²) in [7, 11) is 0. The van der Waals surface area contributed by atoms with E-state index in [1.165, 1.54) is 12.3 Å². The molecular formula is C9H14N3O7PS. The molecule has 0 aromatic carbocycles. The van der Waals surface area contributed by atoms with Gasteiger partial charge >= 0.3 is 12.4 Å². The van der Waals surface area contributed by atoms with E-state index in [-0.39, 0.29) is 5.82 Å². The van der Waals surface area contributed by atoms with Crippen molar-refractivity contribution in [3.63, 3.8) is 0 Å². The van der Waals surface area contributed by atoms with Crippen LogP contribution in [0.4, 0.5) is 5.82 Å². The topological polar surface area (TPSA) is 160 Å². The second-order valence-electron chi connectivity index (χ2n) is 4.37. The number of nitrogens with zero attached hydrogens (tertiary/aromatic N) is 2. The Labute approximate surface area is 123 Å². The third-order valence-corrected chi connectivity index (χ3v) is 3.67. The molecule has 118 valence electrons. The highest BCUT2D eigenvalue weighted by Crippen LogP contribution is 2.38. The van der Waals surface area contributed by atoms with Gasteiger partial charge in [-0.05, 0) is 17.9 Å². The Balaban J connectivity index is 2.16. The third kappa shape index (κ3) is 3.84. The lowest BCUT2D eigenvalue weighted by Gasteiger charge is -2.17. The van der Waals surface area contributed by atoms with Gasteiger partial charge in [-0.15, -0.1) is 0 Å². The molecule has 2 heterocycles. The lowest BCUT2D eigenvalue weighted by Crippen LogP contribution is -2.36. The lowest BCUT2D eigenvalue weighted by atomic mass is 10.1. The van der Waals surface area contributed by atoms with E-state index in [1.807, 2.05) is 0 Å². The molecule has 6 N–H and O–H groups in total. The number of hydrogen-bond donors (Lipinski definition) is 5. The summed E-state index contributed by atoms with van der Waals surface area (Å²) in [6, 6.07) is 1.33. The summed E-state index contributed by atoms with van der Waals surface area (Å²) in [5.41, 5.74) is 4.59. The van der Waals surface area contributed by atoms with Crippen LogP contribution in [0.5, 0.6) is 0 Å². The van der Waals surface area contributed by atoms with Crippen molar-refractivity contribution in [2.75, 3.05) is 12.3 Å². The van der Waals surface area contributed by atoms with Crippen LogP contribution >= 0.6 is 6.72 Å². The average molecular weight is 339 g/mol. The fourth-order valence-corrected chi connectivity index (χ4v) is 2.41. The van der Waals surface area contributed by atoms with Gasteiger partial charge in [0.25, 0.3) is 0 Å². The predicted octanol–water partition coefficient (Wildman–Crippen LogP) is -2.33. The fourth-order valence-electron chi connectivity index (χ4n) is 1.89. The first-order valence-corrected chi connectivity index (χ1v) is 8.38. The van der Waals surface area contributed by atoms with Crippen molar-refractivity contribution in [2.45, 2.75) is 24.5 Å². The minimum absolute atomic E-state index is 0.00502. The van der Waals surface area contributed by atoms with E-state index in [9.17, 15) is 15.0 Å².